The van der Waals surface area contributed by atoms with E-state index >= 15 is 0 Å². The highest BCUT2D eigenvalue weighted by Gasteiger charge is 2.06. The smallest absolute Gasteiger partial charge is 0.101 e. The van der Waals surface area contributed by atoms with Gasteiger partial charge in [-0.05, 0) is 24.6 Å². The third kappa shape index (κ3) is 3.05. The van der Waals surface area contributed by atoms with Crippen molar-refractivity contribution in [1.82, 2.24) is 5.32 Å². The first-order chi connectivity index (χ1) is 5.83. The largest absolute Gasteiger partial charge is 0.396 e. The van der Waals surface area contributed by atoms with Gasteiger partial charge in [0.2, 0.25) is 0 Å². The Morgan fingerprint density at radius 1 is 1.75 bits per heavy atom. The number of aliphatic hydroxyl groups is 1. The van der Waals surface area contributed by atoms with Gasteiger partial charge in [-0.3, -0.25) is 4.99 Å². The van der Waals surface area contributed by atoms with Crippen LogP contribution >= 0.6 is 0 Å². The van der Waals surface area contributed by atoms with Gasteiger partial charge in [-0.2, -0.15) is 0 Å². The fraction of sp³-hybridized carbons (Fsp3) is 0.667. The lowest BCUT2D eigenvalue weighted by molar-refractivity contribution is 0.264. The van der Waals surface area contributed by atoms with Crippen molar-refractivity contribution in [2.45, 2.75) is 19.8 Å². The number of nitrogens with one attached hydrogen (secondary N) is 1. The molecule has 3 nitrogen and oxygen atoms in total. The van der Waals surface area contributed by atoms with Gasteiger partial charge in [0.05, 0.1) is 6.54 Å². The summed E-state index contributed by atoms with van der Waals surface area (Å²) in [7, 11) is 0. The highest BCUT2D eigenvalue weighted by Crippen LogP contribution is 2.07. The summed E-state index contributed by atoms with van der Waals surface area (Å²) in [4.78, 5) is 4.29. The fourth-order valence-electron chi connectivity index (χ4n) is 1.19. The summed E-state index contributed by atoms with van der Waals surface area (Å²) < 4.78 is 0. The molecule has 0 aromatic carbocycles. The Labute approximate surface area is 73.2 Å². The van der Waals surface area contributed by atoms with E-state index in [-0.39, 0.29) is 6.61 Å². The lowest BCUT2D eigenvalue weighted by atomic mass is 10.0. The maximum Gasteiger partial charge on any atom is 0.101 e. The predicted molar refractivity (Wildman–Crippen MR) is 50.1 cm³/mol. The van der Waals surface area contributed by atoms with Crippen molar-refractivity contribution in [3.63, 3.8) is 0 Å². The van der Waals surface area contributed by atoms with Crippen LogP contribution in [-0.4, -0.2) is 24.1 Å². The van der Waals surface area contributed by atoms with E-state index in [0.29, 0.717) is 5.92 Å². The van der Waals surface area contributed by atoms with Crippen LogP contribution in [0, 0.1) is 5.92 Å². The van der Waals surface area contributed by atoms with E-state index in [9.17, 15) is 0 Å². The summed E-state index contributed by atoms with van der Waals surface area (Å²) in [5.41, 5.74) is 0. The zero-order valence-corrected chi connectivity index (χ0v) is 7.45. The molecule has 12 heavy (non-hydrogen) atoms. The van der Waals surface area contributed by atoms with E-state index in [4.69, 9.17) is 5.11 Å². The van der Waals surface area contributed by atoms with Gasteiger partial charge in [-0.15, -0.1) is 0 Å². The number of aliphatic hydroxyl groups excluding tert-OH is 1. The Bertz CT molecular complexity index is 187. The second kappa shape index (κ2) is 4.93. The number of rotatable bonds is 4. The minimum Gasteiger partial charge on any atom is -0.396 e. The lowest BCUT2D eigenvalue weighted by Crippen LogP contribution is -2.23. The van der Waals surface area contributed by atoms with Crippen LogP contribution in [0.1, 0.15) is 19.8 Å². The zero-order chi connectivity index (χ0) is 8.81. The monoisotopic (exact) mass is 168 g/mol. The standard InChI is InChI=1S/C9H16N2O/c1-8(3-6-12)7-9-10-4-2-5-11-9/h2,4,8,12H,3,5-7H2,1H3,(H,10,11)/t8-/m0/s1. The van der Waals surface area contributed by atoms with Crippen LogP contribution in [0.3, 0.4) is 0 Å². The van der Waals surface area contributed by atoms with Gasteiger partial charge in [-0.25, -0.2) is 0 Å². The second-order valence-electron chi connectivity index (χ2n) is 3.16. The molecule has 1 atom stereocenters. The molecule has 0 saturated heterocycles. The van der Waals surface area contributed by atoms with E-state index in [1.54, 1.807) is 0 Å². The molecule has 0 amide bonds. The first-order valence-corrected chi connectivity index (χ1v) is 4.38. The van der Waals surface area contributed by atoms with Crippen molar-refractivity contribution in [3.05, 3.63) is 12.3 Å². The number of nitrogens with zero attached hydrogens (tertiary/aromatic N) is 1. The lowest BCUT2D eigenvalue weighted by Gasteiger charge is -2.13. The van der Waals surface area contributed by atoms with Crippen LogP contribution in [0.15, 0.2) is 17.3 Å². The Morgan fingerprint density at radius 2 is 2.58 bits per heavy atom. The molecular weight excluding hydrogens is 152 g/mol. The van der Waals surface area contributed by atoms with Crippen LogP contribution in [0.4, 0.5) is 0 Å². The van der Waals surface area contributed by atoms with Crippen molar-refractivity contribution in [3.8, 4) is 0 Å². The molecule has 1 aliphatic heterocycles. The Kier molecular flexibility index (Phi) is 3.80. The normalized spacial score (nSPS) is 18.3. The van der Waals surface area contributed by atoms with Crippen LogP contribution in [-0.2, 0) is 0 Å². The van der Waals surface area contributed by atoms with Crippen molar-refractivity contribution >= 4 is 5.84 Å². The molecule has 0 bridgehead atoms. The highest BCUT2D eigenvalue weighted by molar-refractivity contribution is 5.83. The molecule has 0 spiro atoms. The molecule has 1 rings (SSSR count). The summed E-state index contributed by atoms with van der Waals surface area (Å²) in [5, 5.41) is 11.8. The SMILES string of the molecule is C[C@@H](CCO)CC1=NCC=CN1. The molecule has 0 radical (unpaired) electrons. The van der Waals surface area contributed by atoms with E-state index in [0.717, 1.165) is 25.2 Å². The van der Waals surface area contributed by atoms with Crippen molar-refractivity contribution in [2.75, 3.05) is 13.2 Å². The van der Waals surface area contributed by atoms with Gasteiger partial charge in [0.25, 0.3) is 0 Å². The van der Waals surface area contributed by atoms with Gasteiger partial charge in [0, 0.05) is 13.0 Å². The molecule has 0 aromatic rings. The third-order valence-electron chi connectivity index (χ3n) is 1.92. The molecule has 1 aliphatic rings. The predicted octanol–water partition coefficient (Wildman–Crippen LogP) is 0.910. The van der Waals surface area contributed by atoms with E-state index in [2.05, 4.69) is 17.2 Å². The van der Waals surface area contributed by atoms with Gasteiger partial charge < -0.3 is 10.4 Å². The summed E-state index contributed by atoms with van der Waals surface area (Å²) in [6, 6.07) is 0. The average molecular weight is 168 g/mol. The van der Waals surface area contributed by atoms with Crippen molar-refractivity contribution < 1.29 is 5.11 Å². The fourth-order valence-corrected chi connectivity index (χ4v) is 1.19. The van der Waals surface area contributed by atoms with E-state index in [1.807, 2.05) is 12.3 Å². The number of aliphatic imine (C=N–C) groups is 1. The molecule has 0 aromatic heterocycles. The number of amidine groups is 1. The van der Waals surface area contributed by atoms with Gasteiger partial charge in [-0.1, -0.05) is 6.92 Å². The minimum atomic E-state index is 0.268. The summed E-state index contributed by atoms with van der Waals surface area (Å²) >= 11 is 0. The topological polar surface area (TPSA) is 44.6 Å². The van der Waals surface area contributed by atoms with E-state index < -0.39 is 0 Å². The Morgan fingerprint density at radius 3 is 3.17 bits per heavy atom. The summed E-state index contributed by atoms with van der Waals surface area (Å²) in [6.45, 7) is 3.18. The molecule has 3 heteroatoms. The second-order valence-corrected chi connectivity index (χ2v) is 3.16. The first kappa shape index (κ1) is 9.26. The maximum absolute atomic E-state index is 8.69. The van der Waals surface area contributed by atoms with Crippen LogP contribution in [0.25, 0.3) is 0 Å². The van der Waals surface area contributed by atoms with Gasteiger partial charge in [0.1, 0.15) is 5.84 Å². The van der Waals surface area contributed by atoms with Crippen LogP contribution in [0.2, 0.25) is 0 Å². The summed E-state index contributed by atoms with van der Waals surface area (Å²) in [6.07, 6.45) is 5.70. The quantitative estimate of drug-likeness (QED) is 0.655. The van der Waals surface area contributed by atoms with E-state index in [1.165, 1.54) is 0 Å². The molecule has 0 saturated carbocycles. The minimum absolute atomic E-state index is 0.268. The highest BCUT2D eigenvalue weighted by atomic mass is 16.3. The molecule has 2 N–H and O–H groups in total. The van der Waals surface area contributed by atoms with Crippen molar-refractivity contribution in [1.29, 1.82) is 0 Å². The summed E-state index contributed by atoms with van der Waals surface area (Å²) in [5.74, 6) is 1.55. The number of hydrogen-bond donors (Lipinski definition) is 2. The maximum atomic E-state index is 8.69. The molecule has 0 aliphatic carbocycles. The molecular formula is C9H16N2O. The van der Waals surface area contributed by atoms with Gasteiger partial charge in [0.15, 0.2) is 0 Å². The molecule has 0 unspecified atom stereocenters. The molecule has 68 valence electrons. The first-order valence-electron chi connectivity index (χ1n) is 4.38. The number of hydrogen-bond acceptors (Lipinski definition) is 3. The molecule has 1 heterocycles. The zero-order valence-electron chi connectivity index (χ0n) is 7.45. The van der Waals surface area contributed by atoms with Crippen molar-refractivity contribution in [2.24, 2.45) is 10.9 Å². The van der Waals surface area contributed by atoms with Gasteiger partial charge >= 0.3 is 0 Å². The Hall–Kier alpha value is -0.830. The Balaban J connectivity index is 2.25. The van der Waals surface area contributed by atoms with Crippen LogP contribution in [0.5, 0.6) is 0 Å². The van der Waals surface area contributed by atoms with Crippen LogP contribution < -0.4 is 5.32 Å². The molecule has 0 fully saturated rings. The average Bonchev–Trinajstić information content (AvgIpc) is 2.06. The third-order valence-corrected chi connectivity index (χ3v) is 1.92.